The van der Waals surface area contributed by atoms with Gasteiger partial charge in [0, 0.05) is 23.3 Å². The number of hydrogen-bond donors (Lipinski definition) is 1. The number of fused-ring (bicyclic) bond motifs is 1. The molecule has 1 atom stereocenters. The highest BCUT2D eigenvalue weighted by atomic mass is 32.2. The molecule has 1 N–H and O–H groups in total. The molecule has 1 aliphatic heterocycles. The number of ketones is 2. The van der Waals surface area contributed by atoms with E-state index in [0.29, 0.717) is 23.1 Å². The predicted octanol–water partition coefficient (Wildman–Crippen LogP) is 5.05. The second kappa shape index (κ2) is 8.26. The summed E-state index contributed by atoms with van der Waals surface area (Å²) in [6.45, 7) is 4.19. The second-order valence-corrected chi connectivity index (χ2v) is 10.1. The van der Waals surface area contributed by atoms with Crippen molar-refractivity contribution in [3.05, 3.63) is 82.8 Å². The summed E-state index contributed by atoms with van der Waals surface area (Å²) < 4.78 is 14.9. The molecule has 0 bridgehead atoms. The molecule has 0 saturated heterocycles. The summed E-state index contributed by atoms with van der Waals surface area (Å²) in [4.78, 5) is 30.3. The number of carbonyl (C=O) groups excluding carboxylic acids is 2. The fraction of sp³-hybridized carbons (Fsp3) is 0.280. The van der Waals surface area contributed by atoms with Crippen LogP contribution in [0.5, 0.6) is 0 Å². The van der Waals surface area contributed by atoms with Gasteiger partial charge in [-0.2, -0.15) is 4.98 Å². The standard InChI is InChI=1S/C25H23FN4O2S/c1-25(2)12-18-21(19(31)13-25)22(16-6-4-3-5-7-16)30-23(27-18)28-24(29-30)33-14-20(32)15-8-10-17(26)11-9-15/h3-11,22H,12-14H2,1-2H3,(H,27,28,29). The highest BCUT2D eigenvalue weighted by Crippen LogP contribution is 2.45. The maximum Gasteiger partial charge on any atom is 0.227 e. The zero-order valence-electron chi connectivity index (χ0n) is 18.3. The molecule has 0 fully saturated rings. The normalized spacial score (nSPS) is 19.0. The first-order chi connectivity index (χ1) is 15.8. The van der Waals surface area contributed by atoms with E-state index in [-0.39, 0.29) is 34.6 Å². The molecule has 0 saturated carbocycles. The Kier molecular flexibility index (Phi) is 5.40. The Morgan fingerprint density at radius 2 is 1.88 bits per heavy atom. The topological polar surface area (TPSA) is 76.9 Å². The highest BCUT2D eigenvalue weighted by Gasteiger charge is 2.41. The molecule has 8 heteroatoms. The molecule has 1 aromatic heterocycles. The number of anilines is 1. The van der Waals surface area contributed by atoms with Gasteiger partial charge in [-0.3, -0.25) is 9.59 Å². The van der Waals surface area contributed by atoms with Crippen molar-refractivity contribution >= 4 is 29.3 Å². The summed E-state index contributed by atoms with van der Waals surface area (Å²) >= 11 is 1.22. The molecule has 3 aromatic rings. The van der Waals surface area contributed by atoms with Crippen LogP contribution in [0.3, 0.4) is 0 Å². The first-order valence-corrected chi connectivity index (χ1v) is 11.8. The van der Waals surface area contributed by atoms with E-state index in [1.165, 1.54) is 36.0 Å². The molecular formula is C25H23FN4O2S. The first kappa shape index (κ1) is 21.6. The van der Waals surface area contributed by atoms with Gasteiger partial charge < -0.3 is 5.32 Å². The number of rotatable bonds is 5. The minimum atomic E-state index is -0.380. The number of nitrogens with zero attached hydrogens (tertiary/aromatic N) is 3. The maximum atomic E-state index is 13.2. The van der Waals surface area contributed by atoms with E-state index in [9.17, 15) is 14.0 Å². The third-order valence-electron chi connectivity index (χ3n) is 5.93. The largest absolute Gasteiger partial charge is 0.328 e. The van der Waals surface area contributed by atoms with Crippen LogP contribution in [-0.4, -0.2) is 32.1 Å². The second-order valence-electron chi connectivity index (χ2n) is 9.15. The van der Waals surface area contributed by atoms with Crippen LogP contribution in [0.1, 0.15) is 48.7 Å². The van der Waals surface area contributed by atoms with Gasteiger partial charge in [-0.25, -0.2) is 9.07 Å². The summed E-state index contributed by atoms with van der Waals surface area (Å²) in [6.07, 6.45) is 1.23. The van der Waals surface area contributed by atoms with Crippen molar-refractivity contribution in [1.29, 1.82) is 0 Å². The zero-order valence-corrected chi connectivity index (χ0v) is 19.2. The van der Waals surface area contributed by atoms with E-state index in [4.69, 9.17) is 0 Å². The lowest BCUT2D eigenvalue weighted by Gasteiger charge is -2.38. The van der Waals surface area contributed by atoms with Gasteiger partial charge in [0.2, 0.25) is 11.1 Å². The number of hydrogen-bond acceptors (Lipinski definition) is 6. The smallest absolute Gasteiger partial charge is 0.227 e. The van der Waals surface area contributed by atoms with E-state index in [1.54, 1.807) is 4.68 Å². The number of thioether (sulfide) groups is 1. The monoisotopic (exact) mass is 462 g/mol. The van der Waals surface area contributed by atoms with Crippen molar-refractivity contribution in [3.8, 4) is 0 Å². The van der Waals surface area contributed by atoms with Crippen molar-refractivity contribution in [1.82, 2.24) is 14.8 Å². The van der Waals surface area contributed by atoms with Crippen molar-refractivity contribution in [2.75, 3.05) is 11.1 Å². The van der Waals surface area contributed by atoms with E-state index in [1.807, 2.05) is 30.3 Å². The summed E-state index contributed by atoms with van der Waals surface area (Å²) in [5.74, 6) is 0.295. The maximum absolute atomic E-state index is 13.2. The van der Waals surface area contributed by atoms with E-state index in [2.05, 4.69) is 29.2 Å². The minimum absolute atomic E-state index is 0.115. The molecule has 5 rings (SSSR count). The molecule has 2 aromatic carbocycles. The van der Waals surface area contributed by atoms with E-state index >= 15 is 0 Å². The van der Waals surface area contributed by atoms with Gasteiger partial charge in [-0.1, -0.05) is 55.9 Å². The molecule has 0 amide bonds. The van der Waals surface area contributed by atoms with Crippen LogP contribution in [0, 0.1) is 11.2 Å². The Bertz CT molecular complexity index is 1270. The van der Waals surface area contributed by atoms with Crippen molar-refractivity contribution in [3.63, 3.8) is 0 Å². The van der Waals surface area contributed by atoms with Crippen molar-refractivity contribution in [2.24, 2.45) is 5.41 Å². The summed E-state index contributed by atoms with van der Waals surface area (Å²) in [5, 5.41) is 8.44. The predicted molar refractivity (Wildman–Crippen MR) is 125 cm³/mol. The van der Waals surface area contributed by atoms with Gasteiger partial charge in [0.25, 0.3) is 0 Å². The highest BCUT2D eigenvalue weighted by molar-refractivity contribution is 7.99. The van der Waals surface area contributed by atoms with Gasteiger partial charge in [-0.15, -0.1) is 5.10 Å². The SMILES string of the molecule is CC1(C)CC(=O)C2=C(C1)Nc1nc(SCC(=O)c3ccc(F)cc3)nn1C2c1ccccc1. The molecule has 33 heavy (non-hydrogen) atoms. The molecule has 1 unspecified atom stereocenters. The number of Topliss-reactive ketones (excluding diaryl/α,β-unsaturated/α-hetero) is 2. The Morgan fingerprint density at radius 3 is 2.61 bits per heavy atom. The fourth-order valence-electron chi connectivity index (χ4n) is 4.44. The van der Waals surface area contributed by atoms with Crippen molar-refractivity contribution in [2.45, 2.75) is 37.9 Å². The Morgan fingerprint density at radius 1 is 1.15 bits per heavy atom. The van der Waals surface area contributed by atoms with Crippen LogP contribution in [0.15, 0.2) is 71.0 Å². The lowest BCUT2D eigenvalue weighted by Crippen LogP contribution is -2.36. The van der Waals surface area contributed by atoms with Crippen LogP contribution in [0.25, 0.3) is 0 Å². The van der Waals surface area contributed by atoms with E-state index in [0.717, 1.165) is 23.3 Å². The zero-order chi connectivity index (χ0) is 23.2. The molecule has 2 heterocycles. The quantitative estimate of drug-likeness (QED) is 0.422. The number of allylic oxidation sites excluding steroid dienone is 2. The number of carbonyl (C=O) groups is 2. The summed E-state index contributed by atoms with van der Waals surface area (Å²) in [5.41, 5.74) is 2.90. The molecule has 1 aliphatic carbocycles. The fourth-order valence-corrected chi connectivity index (χ4v) is 5.17. The van der Waals surface area contributed by atoms with Gasteiger partial charge >= 0.3 is 0 Å². The van der Waals surface area contributed by atoms with Gasteiger partial charge in [0.05, 0.1) is 5.75 Å². The lowest BCUT2D eigenvalue weighted by molar-refractivity contribution is -0.118. The van der Waals surface area contributed by atoms with Crippen LogP contribution >= 0.6 is 11.8 Å². The van der Waals surface area contributed by atoms with E-state index < -0.39 is 0 Å². The Hall–Kier alpha value is -3.26. The third-order valence-corrected chi connectivity index (χ3v) is 6.76. The summed E-state index contributed by atoms with van der Waals surface area (Å²) in [7, 11) is 0. The number of halogens is 1. The van der Waals surface area contributed by atoms with Crippen molar-refractivity contribution < 1.29 is 14.0 Å². The van der Waals surface area contributed by atoms with Crippen LogP contribution < -0.4 is 5.32 Å². The molecule has 6 nitrogen and oxygen atoms in total. The van der Waals surface area contributed by atoms with Gasteiger partial charge in [-0.05, 0) is 41.7 Å². The number of benzene rings is 2. The van der Waals surface area contributed by atoms with Gasteiger partial charge in [0.15, 0.2) is 11.6 Å². The third kappa shape index (κ3) is 4.23. The average molecular weight is 463 g/mol. The van der Waals surface area contributed by atoms with Crippen LogP contribution in [0.2, 0.25) is 0 Å². The Labute approximate surface area is 195 Å². The minimum Gasteiger partial charge on any atom is -0.328 e. The van der Waals surface area contributed by atoms with Gasteiger partial charge in [0.1, 0.15) is 11.9 Å². The number of nitrogens with one attached hydrogen (secondary N) is 1. The number of aromatic nitrogens is 3. The summed E-state index contributed by atoms with van der Waals surface area (Å²) in [6, 6.07) is 14.9. The van der Waals surface area contributed by atoms with Crippen LogP contribution in [-0.2, 0) is 4.79 Å². The average Bonchev–Trinajstić information content (AvgIpc) is 3.18. The molecule has 2 aliphatic rings. The molecular weight excluding hydrogens is 439 g/mol. The molecule has 0 spiro atoms. The van der Waals surface area contributed by atoms with Crippen LogP contribution in [0.4, 0.5) is 10.3 Å². The Balaban J connectivity index is 1.46. The molecule has 168 valence electrons. The lowest BCUT2D eigenvalue weighted by atomic mass is 9.73. The molecule has 0 radical (unpaired) electrons. The first-order valence-electron chi connectivity index (χ1n) is 10.8.